The van der Waals surface area contributed by atoms with E-state index in [1.807, 2.05) is 30.5 Å². The maximum Gasteiger partial charge on any atom is 0.137 e. The van der Waals surface area contributed by atoms with Crippen molar-refractivity contribution in [3.05, 3.63) is 57.9 Å². The van der Waals surface area contributed by atoms with Crippen molar-refractivity contribution in [2.45, 2.75) is 13.3 Å². The molecular weight excluding hydrogens is 405 g/mol. The van der Waals surface area contributed by atoms with Gasteiger partial charge in [0.25, 0.3) is 0 Å². The van der Waals surface area contributed by atoms with Crippen LogP contribution in [-0.2, 0) is 6.42 Å². The average Bonchev–Trinajstić information content (AvgIpc) is 3.07. The minimum atomic E-state index is -0.246. The highest BCUT2D eigenvalue weighted by molar-refractivity contribution is 9.10. The van der Waals surface area contributed by atoms with Gasteiger partial charge in [-0.3, -0.25) is 0 Å². The SMILES string of the molecule is CCOc1csc(-c2cc(NCCc3ccc(Br)c(F)c3)ncn2)c1. The van der Waals surface area contributed by atoms with Gasteiger partial charge in [0.2, 0.25) is 0 Å². The highest BCUT2D eigenvalue weighted by atomic mass is 79.9. The lowest BCUT2D eigenvalue weighted by molar-refractivity contribution is 0.342. The Bertz CT molecular complexity index is 856. The molecule has 0 amide bonds. The number of benzene rings is 1. The Labute approximate surface area is 158 Å². The molecule has 0 aliphatic heterocycles. The molecule has 0 aliphatic rings. The maximum atomic E-state index is 13.5. The van der Waals surface area contributed by atoms with Crippen LogP contribution in [0.3, 0.4) is 0 Å². The molecule has 0 bridgehead atoms. The van der Waals surface area contributed by atoms with Crippen LogP contribution in [0, 0.1) is 5.82 Å². The first-order valence-electron chi connectivity index (χ1n) is 7.87. The number of hydrogen-bond donors (Lipinski definition) is 1. The minimum absolute atomic E-state index is 0.246. The highest BCUT2D eigenvalue weighted by Crippen LogP contribution is 2.30. The van der Waals surface area contributed by atoms with E-state index in [-0.39, 0.29) is 5.82 Å². The number of thiophene rings is 1. The first-order chi connectivity index (χ1) is 12.2. The van der Waals surface area contributed by atoms with Crippen LogP contribution in [0.1, 0.15) is 12.5 Å². The van der Waals surface area contributed by atoms with E-state index in [0.29, 0.717) is 24.0 Å². The number of rotatable bonds is 7. The summed E-state index contributed by atoms with van der Waals surface area (Å²) < 4.78 is 19.5. The maximum absolute atomic E-state index is 13.5. The first kappa shape index (κ1) is 17.8. The molecule has 0 saturated heterocycles. The fourth-order valence-electron chi connectivity index (χ4n) is 2.31. The normalized spacial score (nSPS) is 10.7. The van der Waals surface area contributed by atoms with Crippen molar-refractivity contribution in [2.75, 3.05) is 18.5 Å². The van der Waals surface area contributed by atoms with Gasteiger partial charge in [-0.2, -0.15) is 0 Å². The number of halogens is 2. The summed E-state index contributed by atoms with van der Waals surface area (Å²) >= 11 is 4.75. The van der Waals surface area contributed by atoms with Crippen molar-refractivity contribution in [2.24, 2.45) is 0 Å². The predicted octanol–water partition coefficient (Wildman–Crippen LogP) is 5.16. The van der Waals surface area contributed by atoms with Gasteiger partial charge in [-0.05, 0) is 47.0 Å². The van der Waals surface area contributed by atoms with Crippen LogP contribution < -0.4 is 10.1 Å². The molecule has 130 valence electrons. The molecule has 1 aromatic carbocycles. The van der Waals surface area contributed by atoms with E-state index in [9.17, 15) is 4.39 Å². The van der Waals surface area contributed by atoms with Gasteiger partial charge in [0.15, 0.2) is 0 Å². The number of aromatic nitrogens is 2. The summed E-state index contributed by atoms with van der Waals surface area (Å²) in [6, 6.07) is 9.05. The highest BCUT2D eigenvalue weighted by Gasteiger charge is 2.07. The molecule has 0 fully saturated rings. The van der Waals surface area contributed by atoms with Gasteiger partial charge in [0, 0.05) is 24.1 Å². The van der Waals surface area contributed by atoms with E-state index in [1.165, 1.54) is 12.4 Å². The summed E-state index contributed by atoms with van der Waals surface area (Å²) in [6.45, 7) is 3.26. The number of ether oxygens (including phenoxy) is 1. The van der Waals surface area contributed by atoms with Crippen LogP contribution in [0.15, 0.2) is 46.5 Å². The van der Waals surface area contributed by atoms with Gasteiger partial charge in [0.1, 0.15) is 23.7 Å². The van der Waals surface area contributed by atoms with Crippen molar-refractivity contribution >= 4 is 33.1 Å². The molecule has 0 radical (unpaired) electrons. The van der Waals surface area contributed by atoms with E-state index in [0.717, 1.165) is 27.7 Å². The van der Waals surface area contributed by atoms with Crippen LogP contribution in [0.25, 0.3) is 10.6 Å². The number of anilines is 1. The molecule has 4 nitrogen and oxygen atoms in total. The number of hydrogen-bond acceptors (Lipinski definition) is 5. The minimum Gasteiger partial charge on any atom is -0.493 e. The molecule has 3 aromatic rings. The summed E-state index contributed by atoms with van der Waals surface area (Å²) in [4.78, 5) is 9.59. The molecule has 3 rings (SSSR count). The second-order valence-electron chi connectivity index (χ2n) is 5.29. The second-order valence-corrected chi connectivity index (χ2v) is 7.06. The molecule has 7 heteroatoms. The van der Waals surface area contributed by atoms with Gasteiger partial charge in [-0.15, -0.1) is 11.3 Å². The fourth-order valence-corrected chi connectivity index (χ4v) is 3.36. The van der Waals surface area contributed by atoms with Gasteiger partial charge in [-0.1, -0.05) is 6.07 Å². The third-order valence-electron chi connectivity index (χ3n) is 3.51. The smallest absolute Gasteiger partial charge is 0.137 e. The van der Waals surface area contributed by atoms with E-state index >= 15 is 0 Å². The molecular formula is C18H17BrFN3OS. The van der Waals surface area contributed by atoms with Crippen LogP contribution in [0.2, 0.25) is 0 Å². The standard InChI is InChI=1S/C18H17BrFN3OS/c1-2-24-13-8-17(25-10-13)16-9-18(23-11-22-16)21-6-5-12-3-4-14(19)15(20)7-12/h3-4,7-11H,2,5-6H2,1H3,(H,21,22,23). The van der Waals surface area contributed by atoms with Crippen molar-refractivity contribution in [1.29, 1.82) is 0 Å². The average molecular weight is 422 g/mol. The predicted molar refractivity (Wildman–Crippen MR) is 103 cm³/mol. The zero-order valence-electron chi connectivity index (χ0n) is 13.6. The first-order valence-corrected chi connectivity index (χ1v) is 9.54. The Balaban J connectivity index is 1.62. The third-order valence-corrected chi connectivity index (χ3v) is 5.08. The molecule has 0 saturated carbocycles. The van der Waals surface area contributed by atoms with Crippen molar-refractivity contribution in [3.63, 3.8) is 0 Å². The zero-order chi connectivity index (χ0) is 17.6. The van der Waals surface area contributed by atoms with Gasteiger partial charge < -0.3 is 10.1 Å². The van der Waals surface area contributed by atoms with Crippen LogP contribution in [0.4, 0.5) is 10.2 Å². The van der Waals surface area contributed by atoms with Crippen LogP contribution >= 0.6 is 27.3 Å². The van der Waals surface area contributed by atoms with Crippen LogP contribution in [0.5, 0.6) is 5.75 Å². The summed E-state index contributed by atoms with van der Waals surface area (Å²) in [6.07, 6.45) is 2.24. The summed E-state index contributed by atoms with van der Waals surface area (Å²) in [5.41, 5.74) is 1.78. The van der Waals surface area contributed by atoms with Crippen LogP contribution in [-0.4, -0.2) is 23.1 Å². The second kappa shape index (κ2) is 8.40. The molecule has 0 unspecified atom stereocenters. The van der Waals surface area contributed by atoms with Crippen molar-refractivity contribution in [1.82, 2.24) is 9.97 Å². The Morgan fingerprint density at radius 3 is 2.92 bits per heavy atom. The van der Waals surface area contributed by atoms with E-state index in [4.69, 9.17) is 4.74 Å². The largest absolute Gasteiger partial charge is 0.493 e. The molecule has 2 heterocycles. The van der Waals surface area contributed by atoms with E-state index in [2.05, 4.69) is 31.2 Å². The molecule has 25 heavy (non-hydrogen) atoms. The van der Waals surface area contributed by atoms with Crippen molar-refractivity contribution < 1.29 is 9.13 Å². The Morgan fingerprint density at radius 1 is 1.24 bits per heavy atom. The zero-order valence-corrected chi connectivity index (χ0v) is 16.0. The Morgan fingerprint density at radius 2 is 2.12 bits per heavy atom. The quantitative estimate of drug-likeness (QED) is 0.572. The number of nitrogens with one attached hydrogen (secondary N) is 1. The van der Waals surface area contributed by atoms with Crippen molar-refractivity contribution in [3.8, 4) is 16.3 Å². The van der Waals surface area contributed by atoms with Gasteiger partial charge >= 0.3 is 0 Å². The topological polar surface area (TPSA) is 47.0 Å². The molecule has 0 aliphatic carbocycles. The summed E-state index contributed by atoms with van der Waals surface area (Å²) in [5.74, 6) is 1.35. The van der Waals surface area contributed by atoms with E-state index in [1.54, 1.807) is 17.4 Å². The third kappa shape index (κ3) is 4.76. The van der Waals surface area contributed by atoms with Gasteiger partial charge in [0.05, 0.1) is 21.7 Å². The summed E-state index contributed by atoms with van der Waals surface area (Å²) in [5, 5.41) is 5.23. The molecule has 1 N–H and O–H groups in total. The molecule has 2 aromatic heterocycles. The fraction of sp³-hybridized carbons (Fsp3) is 0.222. The Kier molecular flexibility index (Phi) is 5.99. The lowest BCUT2D eigenvalue weighted by atomic mass is 10.1. The Hall–Kier alpha value is -1.99. The summed E-state index contributed by atoms with van der Waals surface area (Å²) in [7, 11) is 0. The number of nitrogens with zero attached hydrogens (tertiary/aromatic N) is 2. The van der Waals surface area contributed by atoms with E-state index < -0.39 is 0 Å². The lowest BCUT2D eigenvalue weighted by Gasteiger charge is -2.07. The lowest BCUT2D eigenvalue weighted by Crippen LogP contribution is -2.06. The molecule has 0 atom stereocenters. The molecule has 0 spiro atoms. The van der Waals surface area contributed by atoms with Gasteiger partial charge in [-0.25, -0.2) is 14.4 Å². The monoisotopic (exact) mass is 421 g/mol.